The first kappa shape index (κ1) is 28.7. The number of esters is 1. The number of ether oxygens (including phenoxy) is 1. The number of carbonyl (C=O) groups excluding carboxylic acids is 2. The van der Waals surface area contributed by atoms with Crippen LogP contribution in [0.5, 0.6) is 0 Å². The fourth-order valence-electron chi connectivity index (χ4n) is 2.16. The molecule has 0 aliphatic heterocycles. The molecule has 0 rings (SSSR count). The molecule has 0 saturated carbocycles. The number of hydrogen-bond donors (Lipinski definition) is 1. The molecule has 0 aliphatic rings. The summed E-state index contributed by atoms with van der Waals surface area (Å²) in [6.07, 6.45) is 16.1. The minimum atomic E-state index is -0.468. The van der Waals surface area contributed by atoms with Crippen molar-refractivity contribution in [2.75, 3.05) is 6.61 Å². The molecular formula is C18H37NNaO4. The normalized spacial score (nSPS) is 9.33. The maximum atomic E-state index is 10.5. The van der Waals surface area contributed by atoms with Gasteiger partial charge in [-0.2, -0.15) is 5.90 Å². The summed E-state index contributed by atoms with van der Waals surface area (Å²) in [5.41, 5.74) is 0. The Hall–Kier alpha value is -0.100. The third-order valence-electron chi connectivity index (χ3n) is 3.47. The molecule has 2 N–H and O–H groups in total. The van der Waals surface area contributed by atoms with Gasteiger partial charge in [0, 0.05) is 43.4 Å². The van der Waals surface area contributed by atoms with Gasteiger partial charge >= 0.3 is 11.9 Å². The van der Waals surface area contributed by atoms with Crippen LogP contribution in [0.4, 0.5) is 0 Å². The molecule has 0 unspecified atom stereocenters. The molecule has 0 bridgehead atoms. The van der Waals surface area contributed by atoms with Gasteiger partial charge in [0.1, 0.15) is 0 Å². The van der Waals surface area contributed by atoms with Crippen molar-refractivity contribution in [2.24, 2.45) is 5.90 Å². The number of rotatable bonds is 13. The van der Waals surface area contributed by atoms with E-state index in [1.165, 1.54) is 84.5 Å². The summed E-state index contributed by atoms with van der Waals surface area (Å²) in [6, 6.07) is 0. The Balaban J connectivity index is -0.000000639. The second-order valence-corrected chi connectivity index (χ2v) is 5.84. The van der Waals surface area contributed by atoms with Crippen molar-refractivity contribution in [3.8, 4) is 0 Å². The van der Waals surface area contributed by atoms with Crippen LogP contribution in [0.1, 0.15) is 97.8 Å². The third-order valence-corrected chi connectivity index (χ3v) is 3.47. The summed E-state index contributed by atoms with van der Waals surface area (Å²) >= 11 is 0. The van der Waals surface area contributed by atoms with E-state index in [2.05, 4.69) is 17.7 Å². The van der Waals surface area contributed by atoms with Crippen molar-refractivity contribution in [2.45, 2.75) is 97.8 Å². The van der Waals surface area contributed by atoms with Crippen LogP contribution >= 0.6 is 0 Å². The summed E-state index contributed by atoms with van der Waals surface area (Å²) in [6.45, 7) is 5.58. The predicted octanol–water partition coefficient (Wildman–Crippen LogP) is 4.29. The molecule has 0 aromatic heterocycles. The summed E-state index contributed by atoms with van der Waals surface area (Å²) in [5, 5.41) is 0. The standard InChI is InChI=1S/C16H32O2.C2H5NO2.Na/c1-3-4-5-6-7-8-9-10-11-12-13-14-15-18-16(2)17;1-2(4)5-3;/h3-15H2,1-2H3;3H2,1H3;. The molecule has 0 aliphatic carbocycles. The van der Waals surface area contributed by atoms with E-state index in [0.29, 0.717) is 6.61 Å². The van der Waals surface area contributed by atoms with E-state index in [9.17, 15) is 9.59 Å². The maximum absolute atomic E-state index is 10.5. The molecule has 0 heterocycles. The molecule has 0 aromatic rings. The second-order valence-electron chi connectivity index (χ2n) is 5.84. The summed E-state index contributed by atoms with van der Waals surface area (Å²) in [4.78, 5) is 23.6. The average Bonchev–Trinajstić information content (AvgIpc) is 2.52. The number of hydrogen-bond acceptors (Lipinski definition) is 5. The van der Waals surface area contributed by atoms with Gasteiger partial charge in [0.05, 0.1) is 6.61 Å². The van der Waals surface area contributed by atoms with Gasteiger partial charge in [-0.05, 0) is 6.42 Å². The van der Waals surface area contributed by atoms with E-state index in [1.807, 2.05) is 0 Å². The van der Waals surface area contributed by atoms with Crippen LogP contribution in [0, 0.1) is 0 Å². The smallest absolute Gasteiger partial charge is 0.321 e. The molecule has 139 valence electrons. The molecule has 0 fully saturated rings. The zero-order valence-corrected chi connectivity index (χ0v) is 18.4. The largest absolute Gasteiger partial charge is 0.466 e. The van der Waals surface area contributed by atoms with E-state index < -0.39 is 5.97 Å². The Bertz CT molecular complexity index is 276. The Labute approximate surface area is 170 Å². The minimum Gasteiger partial charge on any atom is -0.466 e. The molecule has 6 heteroatoms. The van der Waals surface area contributed by atoms with Gasteiger partial charge in [-0.25, -0.2) is 0 Å². The number of carbonyl (C=O) groups is 2. The molecule has 1 radical (unpaired) electrons. The van der Waals surface area contributed by atoms with Crippen LogP contribution in [0.25, 0.3) is 0 Å². The topological polar surface area (TPSA) is 78.6 Å². The van der Waals surface area contributed by atoms with Crippen molar-refractivity contribution in [3.63, 3.8) is 0 Å². The van der Waals surface area contributed by atoms with E-state index >= 15 is 0 Å². The molecule has 0 amide bonds. The van der Waals surface area contributed by atoms with E-state index in [-0.39, 0.29) is 35.5 Å². The third kappa shape index (κ3) is 33.5. The zero-order valence-electron chi connectivity index (χ0n) is 16.4. The Morgan fingerprint density at radius 2 is 1.04 bits per heavy atom. The molecule has 24 heavy (non-hydrogen) atoms. The van der Waals surface area contributed by atoms with Crippen LogP contribution in [-0.4, -0.2) is 48.1 Å². The summed E-state index contributed by atoms with van der Waals surface area (Å²) < 4.78 is 4.89. The summed E-state index contributed by atoms with van der Waals surface area (Å²) in [5.74, 6) is 3.70. The van der Waals surface area contributed by atoms with Gasteiger partial charge in [0.25, 0.3) is 0 Å². The molecule has 0 atom stereocenters. The van der Waals surface area contributed by atoms with Crippen molar-refractivity contribution < 1.29 is 19.2 Å². The van der Waals surface area contributed by atoms with Gasteiger partial charge in [0.2, 0.25) is 0 Å². The molecule has 0 spiro atoms. The van der Waals surface area contributed by atoms with Crippen molar-refractivity contribution in [1.29, 1.82) is 0 Å². The van der Waals surface area contributed by atoms with Crippen LogP contribution in [0.15, 0.2) is 0 Å². The molecular weight excluding hydrogens is 317 g/mol. The zero-order chi connectivity index (χ0) is 17.8. The van der Waals surface area contributed by atoms with Crippen molar-refractivity contribution >= 4 is 41.5 Å². The van der Waals surface area contributed by atoms with Crippen molar-refractivity contribution in [1.82, 2.24) is 0 Å². The monoisotopic (exact) mass is 354 g/mol. The van der Waals surface area contributed by atoms with Crippen LogP contribution in [-0.2, 0) is 19.2 Å². The first-order chi connectivity index (χ1) is 11.0. The van der Waals surface area contributed by atoms with E-state index in [0.717, 1.165) is 6.42 Å². The Morgan fingerprint density at radius 1 is 0.708 bits per heavy atom. The van der Waals surface area contributed by atoms with E-state index in [1.54, 1.807) is 0 Å². The average molecular weight is 354 g/mol. The first-order valence-corrected chi connectivity index (χ1v) is 9.05. The van der Waals surface area contributed by atoms with Crippen molar-refractivity contribution in [3.05, 3.63) is 0 Å². The fourth-order valence-corrected chi connectivity index (χ4v) is 2.16. The maximum Gasteiger partial charge on any atom is 0.321 e. The number of nitrogens with two attached hydrogens (primary N) is 1. The van der Waals surface area contributed by atoms with E-state index in [4.69, 9.17) is 4.74 Å². The van der Waals surface area contributed by atoms with Gasteiger partial charge in [-0.3, -0.25) is 9.59 Å². The van der Waals surface area contributed by atoms with Gasteiger partial charge in [0.15, 0.2) is 0 Å². The van der Waals surface area contributed by atoms with Gasteiger partial charge < -0.3 is 9.57 Å². The SMILES string of the molecule is CC(=O)ON.CCCCCCCCCCCCCCOC(C)=O.[Na]. The molecule has 0 aromatic carbocycles. The minimum absolute atomic E-state index is 0. The quantitative estimate of drug-likeness (QED) is 0.231. The molecule has 0 saturated heterocycles. The first-order valence-electron chi connectivity index (χ1n) is 9.05. The Kier molecular flexibility index (Phi) is 30.1. The predicted molar refractivity (Wildman–Crippen MR) is 99.4 cm³/mol. The van der Waals surface area contributed by atoms with Crippen LogP contribution in [0.2, 0.25) is 0 Å². The summed E-state index contributed by atoms with van der Waals surface area (Å²) in [7, 11) is 0. The fraction of sp³-hybridized carbons (Fsp3) is 0.889. The van der Waals surface area contributed by atoms with Crippen LogP contribution < -0.4 is 5.90 Å². The van der Waals surface area contributed by atoms with Gasteiger partial charge in [-0.1, -0.05) is 77.6 Å². The Morgan fingerprint density at radius 3 is 1.33 bits per heavy atom. The van der Waals surface area contributed by atoms with Gasteiger partial charge in [-0.15, -0.1) is 0 Å². The number of unbranched alkanes of at least 4 members (excludes halogenated alkanes) is 11. The van der Waals surface area contributed by atoms with Crippen LogP contribution in [0.3, 0.4) is 0 Å². The second kappa shape index (κ2) is 25.1. The molecule has 5 nitrogen and oxygen atoms in total.